The van der Waals surface area contributed by atoms with Gasteiger partial charge >= 0.3 is 0 Å². The average molecular weight is 411 g/mol. The van der Waals surface area contributed by atoms with Crippen LogP contribution < -0.4 is 4.90 Å². The van der Waals surface area contributed by atoms with Crippen LogP contribution in [-0.2, 0) is 4.79 Å². The molecule has 5 nitrogen and oxygen atoms in total. The Morgan fingerprint density at radius 2 is 1.75 bits per heavy atom. The number of aromatic nitrogens is 2. The Hall–Kier alpha value is -2.38. The van der Waals surface area contributed by atoms with Crippen molar-refractivity contribution in [1.82, 2.24) is 14.3 Å². The maximum Gasteiger partial charge on any atom is 0.233 e. The summed E-state index contributed by atoms with van der Waals surface area (Å²) in [5.41, 5.74) is 3.45. The molecule has 1 aromatic heterocycles. The molecule has 3 aromatic rings. The van der Waals surface area contributed by atoms with E-state index in [0.29, 0.717) is 5.75 Å². The number of anilines is 1. The van der Waals surface area contributed by atoms with Gasteiger partial charge in [0.2, 0.25) is 5.91 Å². The third-order valence-corrected chi connectivity index (χ3v) is 6.61. The molecule has 1 saturated heterocycles. The molecule has 1 aliphatic rings. The lowest BCUT2D eigenvalue weighted by Crippen LogP contribution is -2.49. The van der Waals surface area contributed by atoms with Gasteiger partial charge < -0.3 is 9.80 Å². The summed E-state index contributed by atoms with van der Waals surface area (Å²) in [7, 11) is 0. The lowest BCUT2D eigenvalue weighted by Gasteiger charge is -2.36. The second-order valence-electron chi connectivity index (χ2n) is 6.74. The van der Waals surface area contributed by atoms with E-state index >= 15 is 0 Å². The summed E-state index contributed by atoms with van der Waals surface area (Å²) >= 11 is 2.84. The molecule has 0 radical (unpaired) electrons. The van der Waals surface area contributed by atoms with Crippen molar-refractivity contribution in [3.05, 3.63) is 60.2 Å². The van der Waals surface area contributed by atoms with Crippen LogP contribution in [0, 0.1) is 6.92 Å². The molecule has 1 aliphatic heterocycles. The Kier molecular flexibility index (Phi) is 5.92. The lowest BCUT2D eigenvalue weighted by molar-refractivity contribution is -0.128. The molecule has 0 spiro atoms. The number of para-hydroxylation sites is 1. The quantitative estimate of drug-likeness (QED) is 0.596. The predicted molar refractivity (Wildman–Crippen MR) is 116 cm³/mol. The summed E-state index contributed by atoms with van der Waals surface area (Å²) in [6.45, 7) is 5.33. The van der Waals surface area contributed by atoms with Crippen LogP contribution >= 0.6 is 23.3 Å². The van der Waals surface area contributed by atoms with E-state index in [4.69, 9.17) is 0 Å². The predicted octanol–water partition coefficient (Wildman–Crippen LogP) is 3.95. The van der Waals surface area contributed by atoms with Gasteiger partial charge in [-0.05, 0) is 30.6 Å². The zero-order valence-corrected chi connectivity index (χ0v) is 17.4. The van der Waals surface area contributed by atoms with E-state index in [-0.39, 0.29) is 5.91 Å². The lowest BCUT2D eigenvalue weighted by atomic mass is 10.1. The van der Waals surface area contributed by atoms with Gasteiger partial charge in [0.1, 0.15) is 0 Å². The summed E-state index contributed by atoms with van der Waals surface area (Å²) in [6, 6.07) is 18.5. The molecule has 2 aromatic carbocycles. The number of nitrogens with zero attached hydrogens (tertiary/aromatic N) is 4. The first kappa shape index (κ1) is 19.0. The monoisotopic (exact) mass is 410 g/mol. The van der Waals surface area contributed by atoms with Gasteiger partial charge in [0.25, 0.3) is 0 Å². The van der Waals surface area contributed by atoms with Gasteiger partial charge in [-0.1, -0.05) is 59.8 Å². The molecule has 144 valence electrons. The second-order valence-corrected chi connectivity index (χ2v) is 8.72. The van der Waals surface area contributed by atoms with E-state index in [0.717, 1.165) is 41.9 Å². The van der Waals surface area contributed by atoms with Crippen molar-refractivity contribution >= 4 is 34.9 Å². The minimum Gasteiger partial charge on any atom is -0.368 e. The average Bonchev–Trinajstić information content (AvgIpc) is 3.22. The molecule has 2 heterocycles. The molecular formula is C21H22N4OS2. The summed E-state index contributed by atoms with van der Waals surface area (Å²) < 4.78 is 5.27. The minimum absolute atomic E-state index is 0.171. The van der Waals surface area contributed by atoms with Crippen molar-refractivity contribution in [2.24, 2.45) is 0 Å². The molecule has 0 unspecified atom stereocenters. The molecule has 0 saturated carbocycles. The van der Waals surface area contributed by atoms with Crippen LogP contribution in [0.3, 0.4) is 0 Å². The molecule has 4 rings (SSSR count). The summed E-state index contributed by atoms with van der Waals surface area (Å²) in [5.74, 6) is 1.31. The number of thioether (sulfide) groups is 1. The SMILES string of the molecule is Cc1ccc(-c2nsc(SCC(=O)N3CCN(c4ccccc4)CC3)n2)cc1. The minimum atomic E-state index is 0.171. The van der Waals surface area contributed by atoms with E-state index in [1.54, 1.807) is 0 Å². The van der Waals surface area contributed by atoms with Crippen molar-refractivity contribution in [2.45, 2.75) is 11.3 Å². The number of piperazine rings is 1. The van der Waals surface area contributed by atoms with Crippen molar-refractivity contribution < 1.29 is 4.79 Å². The molecule has 0 bridgehead atoms. The highest BCUT2D eigenvalue weighted by Crippen LogP contribution is 2.26. The highest BCUT2D eigenvalue weighted by Gasteiger charge is 2.21. The summed E-state index contributed by atoms with van der Waals surface area (Å²) in [4.78, 5) is 21.4. The number of hydrogen-bond acceptors (Lipinski definition) is 6. The van der Waals surface area contributed by atoms with Crippen LogP contribution in [0.2, 0.25) is 0 Å². The smallest absolute Gasteiger partial charge is 0.233 e. The Labute approximate surface area is 173 Å². The number of rotatable bonds is 5. The van der Waals surface area contributed by atoms with Gasteiger partial charge in [0.05, 0.1) is 5.75 Å². The van der Waals surface area contributed by atoms with Gasteiger partial charge in [-0.15, -0.1) is 0 Å². The Morgan fingerprint density at radius 1 is 1.04 bits per heavy atom. The molecule has 28 heavy (non-hydrogen) atoms. The van der Waals surface area contributed by atoms with Crippen molar-refractivity contribution in [3.8, 4) is 11.4 Å². The number of carbonyl (C=O) groups excluding carboxylic acids is 1. The van der Waals surface area contributed by atoms with E-state index in [9.17, 15) is 4.79 Å². The van der Waals surface area contributed by atoms with Crippen LogP contribution in [0.1, 0.15) is 5.56 Å². The fourth-order valence-corrected chi connectivity index (χ4v) is 4.67. The normalized spacial score (nSPS) is 14.3. The molecule has 1 amide bonds. The number of benzene rings is 2. The van der Waals surface area contributed by atoms with Crippen LogP contribution in [0.25, 0.3) is 11.4 Å². The molecule has 0 N–H and O–H groups in total. The van der Waals surface area contributed by atoms with E-state index < -0.39 is 0 Å². The van der Waals surface area contributed by atoms with Gasteiger partial charge in [0, 0.05) is 37.4 Å². The van der Waals surface area contributed by atoms with E-state index in [2.05, 4.69) is 57.6 Å². The maximum atomic E-state index is 12.6. The van der Waals surface area contributed by atoms with Gasteiger partial charge in [-0.25, -0.2) is 4.98 Å². The zero-order chi connectivity index (χ0) is 19.3. The largest absolute Gasteiger partial charge is 0.368 e. The Morgan fingerprint density at radius 3 is 2.46 bits per heavy atom. The number of aryl methyl sites for hydroxylation is 1. The Bertz CT molecular complexity index is 919. The first-order valence-corrected chi connectivity index (χ1v) is 11.1. The number of carbonyl (C=O) groups is 1. The van der Waals surface area contributed by atoms with Crippen LogP contribution in [0.5, 0.6) is 0 Å². The topological polar surface area (TPSA) is 49.3 Å². The zero-order valence-electron chi connectivity index (χ0n) is 15.7. The highest BCUT2D eigenvalue weighted by molar-refractivity contribution is 8.01. The van der Waals surface area contributed by atoms with Crippen molar-refractivity contribution in [1.29, 1.82) is 0 Å². The number of amides is 1. The molecule has 0 aliphatic carbocycles. The first-order chi connectivity index (χ1) is 13.7. The maximum absolute atomic E-state index is 12.6. The summed E-state index contributed by atoms with van der Waals surface area (Å²) in [5, 5.41) is 0. The highest BCUT2D eigenvalue weighted by atomic mass is 32.2. The van der Waals surface area contributed by atoms with Crippen LogP contribution in [0.4, 0.5) is 5.69 Å². The fourth-order valence-electron chi connectivity index (χ4n) is 3.16. The van der Waals surface area contributed by atoms with Gasteiger partial charge in [-0.2, -0.15) is 4.37 Å². The Balaban J connectivity index is 1.28. The van der Waals surface area contributed by atoms with Crippen molar-refractivity contribution in [2.75, 3.05) is 36.8 Å². The van der Waals surface area contributed by atoms with E-state index in [1.807, 2.05) is 23.1 Å². The van der Waals surface area contributed by atoms with Crippen LogP contribution in [-0.4, -0.2) is 52.1 Å². The molecular weight excluding hydrogens is 388 g/mol. The van der Waals surface area contributed by atoms with Gasteiger partial charge in [0.15, 0.2) is 10.2 Å². The fraction of sp³-hybridized carbons (Fsp3) is 0.286. The first-order valence-electron chi connectivity index (χ1n) is 9.30. The third kappa shape index (κ3) is 4.54. The second kappa shape index (κ2) is 8.75. The van der Waals surface area contributed by atoms with E-state index in [1.165, 1.54) is 34.5 Å². The number of hydrogen-bond donors (Lipinski definition) is 0. The van der Waals surface area contributed by atoms with Crippen molar-refractivity contribution in [3.63, 3.8) is 0 Å². The molecule has 1 fully saturated rings. The van der Waals surface area contributed by atoms with Crippen LogP contribution in [0.15, 0.2) is 58.9 Å². The summed E-state index contributed by atoms with van der Waals surface area (Å²) in [6.07, 6.45) is 0. The third-order valence-electron chi connectivity index (χ3n) is 4.79. The molecule has 0 atom stereocenters. The molecule has 7 heteroatoms. The van der Waals surface area contributed by atoms with Gasteiger partial charge in [-0.3, -0.25) is 4.79 Å². The standard InChI is InChI=1S/C21H22N4OS2/c1-16-7-9-17(10-8-16)20-22-21(28-23-20)27-15-19(26)25-13-11-24(12-14-25)18-5-3-2-4-6-18/h2-10H,11-15H2,1H3.